The molecular weight excluding hydrogens is 194 g/mol. The Morgan fingerprint density at radius 3 is 2.31 bits per heavy atom. The molecule has 5 heteroatoms. The summed E-state index contributed by atoms with van der Waals surface area (Å²) in [6, 6.07) is 5.55. The quantitative estimate of drug-likeness (QED) is 0.324. The number of non-ortho nitro benzene ring substituents is 1. The molecule has 0 saturated heterocycles. The summed E-state index contributed by atoms with van der Waals surface area (Å²) in [7, 11) is 0. The van der Waals surface area contributed by atoms with Gasteiger partial charge in [0.25, 0.3) is 5.69 Å². The van der Waals surface area contributed by atoms with E-state index in [1.54, 1.807) is 0 Å². The number of nitro groups is 1. The number of nitro benzene ring substituents is 1. The SMILES string of the molecule is O=CC(Cl)c1ccc([N+](=O)[O-])cc1. The molecule has 1 unspecified atom stereocenters. The molecule has 0 N–H and O–H groups in total. The van der Waals surface area contributed by atoms with Gasteiger partial charge in [-0.1, -0.05) is 12.1 Å². The van der Waals surface area contributed by atoms with Crippen LogP contribution in [-0.4, -0.2) is 11.2 Å². The van der Waals surface area contributed by atoms with E-state index in [1.165, 1.54) is 24.3 Å². The summed E-state index contributed by atoms with van der Waals surface area (Å²) in [6.45, 7) is 0. The summed E-state index contributed by atoms with van der Waals surface area (Å²) in [5.41, 5.74) is 0.542. The fourth-order valence-corrected chi connectivity index (χ4v) is 1.00. The van der Waals surface area contributed by atoms with Crippen molar-refractivity contribution in [3.05, 3.63) is 39.9 Å². The van der Waals surface area contributed by atoms with E-state index in [2.05, 4.69) is 0 Å². The second-order valence-corrected chi connectivity index (χ2v) is 2.86. The first-order valence-electron chi connectivity index (χ1n) is 3.49. The third kappa shape index (κ3) is 2.26. The minimum Gasteiger partial charge on any atom is -0.301 e. The molecule has 0 heterocycles. The highest BCUT2D eigenvalue weighted by Crippen LogP contribution is 2.20. The first-order chi connectivity index (χ1) is 6.15. The zero-order valence-electron chi connectivity index (χ0n) is 6.51. The van der Waals surface area contributed by atoms with Crippen LogP contribution in [-0.2, 0) is 4.79 Å². The summed E-state index contributed by atoms with van der Waals surface area (Å²) in [6.07, 6.45) is 0.572. The molecule has 0 aliphatic carbocycles. The lowest BCUT2D eigenvalue weighted by Gasteiger charge is -1.99. The highest BCUT2D eigenvalue weighted by molar-refractivity contribution is 6.27. The molecule has 1 aromatic carbocycles. The Morgan fingerprint density at radius 1 is 1.38 bits per heavy atom. The van der Waals surface area contributed by atoms with Gasteiger partial charge in [0, 0.05) is 12.1 Å². The highest BCUT2D eigenvalue weighted by Gasteiger charge is 2.08. The first kappa shape index (κ1) is 9.67. The molecule has 0 radical (unpaired) electrons. The standard InChI is InChI=1S/C8H6ClNO3/c9-8(5-11)6-1-3-7(4-2-6)10(12)13/h1-5,8H. The predicted octanol–water partition coefficient (Wildman–Crippen LogP) is 2.07. The fraction of sp³-hybridized carbons (Fsp3) is 0.125. The van der Waals surface area contributed by atoms with Gasteiger partial charge in [0.15, 0.2) is 0 Å². The Kier molecular flexibility index (Phi) is 2.97. The van der Waals surface area contributed by atoms with E-state index in [0.717, 1.165) is 0 Å². The molecule has 0 saturated carbocycles. The third-order valence-electron chi connectivity index (χ3n) is 1.54. The number of hydrogen-bond acceptors (Lipinski definition) is 3. The summed E-state index contributed by atoms with van der Waals surface area (Å²) >= 11 is 5.58. The monoisotopic (exact) mass is 199 g/mol. The van der Waals surface area contributed by atoms with E-state index in [4.69, 9.17) is 11.6 Å². The van der Waals surface area contributed by atoms with Gasteiger partial charge < -0.3 is 4.79 Å². The van der Waals surface area contributed by atoms with Crippen LogP contribution in [0.3, 0.4) is 0 Å². The lowest BCUT2D eigenvalue weighted by Crippen LogP contribution is -1.92. The molecule has 4 nitrogen and oxygen atoms in total. The number of hydrogen-bond donors (Lipinski definition) is 0. The van der Waals surface area contributed by atoms with Crippen molar-refractivity contribution in [3.8, 4) is 0 Å². The van der Waals surface area contributed by atoms with Crippen LogP contribution < -0.4 is 0 Å². The van der Waals surface area contributed by atoms with Crippen LogP contribution in [0.15, 0.2) is 24.3 Å². The summed E-state index contributed by atoms with van der Waals surface area (Å²) in [4.78, 5) is 20.0. The average Bonchev–Trinajstić information content (AvgIpc) is 2.17. The molecule has 13 heavy (non-hydrogen) atoms. The van der Waals surface area contributed by atoms with Gasteiger partial charge in [-0.25, -0.2) is 0 Å². The Labute approximate surface area is 79.3 Å². The van der Waals surface area contributed by atoms with Gasteiger partial charge in [0.2, 0.25) is 0 Å². The van der Waals surface area contributed by atoms with Gasteiger partial charge in [-0.05, 0) is 5.56 Å². The maximum atomic E-state index is 10.3. The van der Waals surface area contributed by atoms with Crippen molar-refractivity contribution in [1.29, 1.82) is 0 Å². The molecule has 1 rings (SSSR count). The second-order valence-electron chi connectivity index (χ2n) is 2.39. The molecule has 0 aromatic heterocycles. The molecule has 0 amide bonds. The predicted molar refractivity (Wildman–Crippen MR) is 47.8 cm³/mol. The van der Waals surface area contributed by atoms with Crippen LogP contribution in [0, 0.1) is 10.1 Å². The first-order valence-corrected chi connectivity index (χ1v) is 3.92. The molecule has 1 aromatic rings. The third-order valence-corrected chi connectivity index (χ3v) is 1.90. The van der Waals surface area contributed by atoms with Crippen LogP contribution >= 0.6 is 11.6 Å². The number of benzene rings is 1. The summed E-state index contributed by atoms with van der Waals surface area (Å²) in [5.74, 6) is 0. The van der Waals surface area contributed by atoms with Gasteiger partial charge in [-0.2, -0.15) is 0 Å². The Morgan fingerprint density at radius 2 is 1.92 bits per heavy atom. The number of carbonyl (C=O) groups is 1. The molecule has 0 aliphatic heterocycles. The van der Waals surface area contributed by atoms with Crippen LogP contribution in [0.2, 0.25) is 0 Å². The largest absolute Gasteiger partial charge is 0.301 e. The van der Waals surface area contributed by atoms with E-state index in [-0.39, 0.29) is 5.69 Å². The lowest BCUT2D eigenvalue weighted by molar-refractivity contribution is -0.384. The number of nitrogens with zero attached hydrogens (tertiary/aromatic N) is 1. The molecule has 0 spiro atoms. The number of alkyl halides is 1. The van der Waals surface area contributed by atoms with Gasteiger partial charge in [-0.15, -0.1) is 11.6 Å². The van der Waals surface area contributed by atoms with Crippen molar-refractivity contribution in [2.45, 2.75) is 5.38 Å². The van der Waals surface area contributed by atoms with Crippen LogP contribution in [0.1, 0.15) is 10.9 Å². The fourth-order valence-electron chi connectivity index (χ4n) is 0.858. The second kappa shape index (κ2) is 4.00. The number of halogens is 1. The number of rotatable bonds is 3. The normalized spacial score (nSPS) is 12.1. The smallest absolute Gasteiger partial charge is 0.269 e. The van der Waals surface area contributed by atoms with E-state index in [1.807, 2.05) is 0 Å². The minimum atomic E-state index is -0.735. The van der Waals surface area contributed by atoms with Crippen molar-refractivity contribution in [3.63, 3.8) is 0 Å². The highest BCUT2D eigenvalue weighted by atomic mass is 35.5. The van der Waals surface area contributed by atoms with Crippen molar-refractivity contribution in [1.82, 2.24) is 0 Å². The topological polar surface area (TPSA) is 60.2 Å². The Balaban J connectivity index is 2.93. The van der Waals surface area contributed by atoms with Crippen LogP contribution in [0.25, 0.3) is 0 Å². The van der Waals surface area contributed by atoms with E-state index >= 15 is 0 Å². The van der Waals surface area contributed by atoms with Gasteiger partial charge >= 0.3 is 0 Å². The molecule has 1 atom stereocenters. The van der Waals surface area contributed by atoms with Crippen LogP contribution in [0.4, 0.5) is 5.69 Å². The summed E-state index contributed by atoms with van der Waals surface area (Å²) in [5, 5.41) is 9.52. The average molecular weight is 200 g/mol. The minimum absolute atomic E-state index is 0.0153. The van der Waals surface area contributed by atoms with Crippen molar-refractivity contribution in [2.24, 2.45) is 0 Å². The van der Waals surface area contributed by atoms with Crippen molar-refractivity contribution < 1.29 is 9.72 Å². The molecule has 0 fully saturated rings. The van der Waals surface area contributed by atoms with E-state index < -0.39 is 10.3 Å². The van der Waals surface area contributed by atoms with Gasteiger partial charge in [0.1, 0.15) is 11.7 Å². The van der Waals surface area contributed by atoms with E-state index in [9.17, 15) is 14.9 Å². The van der Waals surface area contributed by atoms with Crippen molar-refractivity contribution >= 4 is 23.6 Å². The maximum absolute atomic E-state index is 10.3. The summed E-state index contributed by atoms with van der Waals surface area (Å²) < 4.78 is 0. The Bertz CT molecular complexity index is 323. The zero-order valence-corrected chi connectivity index (χ0v) is 7.27. The van der Waals surface area contributed by atoms with Gasteiger partial charge in [0.05, 0.1) is 4.92 Å². The molecule has 68 valence electrons. The number of carbonyl (C=O) groups excluding carboxylic acids is 1. The van der Waals surface area contributed by atoms with E-state index in [0.29, 0.717) is 11.8 Å². The Hall–Kier alpha value is -1.42. The zero-order chi connectivity index (χ0) is 9.84. The number of aldehydes is 1. The molecule has 0 bridgehead atoms. The lowest BCUT2D eigenvalue weighted by atomic mass is 10.1. The molecular formula is C8H6ClNO3. The maximum Gasteiger partial charge on any atom is 0.269 e. The van der Waals surface area contributed by atoms with Crippen molar-refractivity contribution in [2.75, 3.05) is 0 Å². The van der Waals surface area contributed by atoms with Gasteiger partial charge in [-0.3, -0.25) is 10.1 Å². The molecule has 0 aliphatic rings. The van der Waals surface area contributed by atoms with Crippen LogP contribution in [0.5, 0.6) is 0 Å².